The SMILES string of the molecule is CCOc1ccc(C=C2SC(=S)N(C(C)c3ccccc3)C2=O)cc1OC. The molecule has 27 heavy (non-hydrogen) atoms. The van der Waals surface area contributed by atoms with Crippen molar-refractivity contribution in [2.45, 2.75) is 19.9 Å². The smallest absolute Gasteiger partial charge is 0.266 e. The molecule has 3 rings (SSSR count). The summed E-state index contributed by atoms with van der Waals surface area (Å²) in [6.07, 6.45) is 1.84. The fourth-order valence-corrected chi connectivity index (χ4v) is 4.31. The second-order valence-electron chi connectivity index (χ2n) is 5.98. The lowest BCUT2D eigenvalue weighted by Crippen LogP contribution is -2.30. The van der Waals surface area contributed by atoms with Gasteiger partial charge < -0.3 is 9.47 Å². The average Bonchev–Trinajstić information content (AvgIpc) is 2.96. The summed E-state index contributed by atoms with van der Waals surface area (Å²) >= 11 is 6.80. The van der Waals surface area contributed by atoms with Crippen LogP contribution in [0.25, 0.3) is 6.08 Å². The third kappa shape index (κ3) is 4.17. The molecule has 0 saturated carbocycles. The highest BCUT2D eigenvalue weighted by molar-refractivity contribution is 8.26. The zero-order valence-corrected chi connectivity index (χ0v) is 17.1. The van der Waals surface area contributed by atoms with Gasteiger partial charge in [-0.2, -0.15) is 0 Å². The molecule has 1 aliphatic heterocycles. The number of amides is 1. The van der Waals surface area contributed by atoms with Gasteiger partial charge in [-0.05, 0) is 43.2 Å². The Morgan fingerprint density at radius 2 is 1.93 bits per heavy atom. The highest BCUT2D eigenvalue weighted by Crippen LogP contribution is 2.38. The molecule has 0 radical (unpaired) electrons. The van der Waals surface area contributed by atoms with Crippen molar-refractivity contribution < 1.29 is 14.3 Å². The van der Waals surface area contributed by atoms with Crippen LogP contribution < -0.4 is 9.47 Å². The molecule has 4 nitrogen and oxygen atoms in total. The molecule has 140 valence electrons. The molecule has 6 heteroatoms. The minimum Gasteiger partial charge on any atom is -0.493 e. The van der Waals surface area contributed by atoms with Crippen molar-refractivity contribution in [1.82, 2.24) is 4.90 Å². The minimum atomic E-state index is -0.112. The van der Waals surface area contributed by atoms with Gasteiger partial charge in [0.05, 0.1) is 24.7 Å². The molecule has 1 aliphatic rings. The highest BCUT2D eigenvalue weighted by Gasteiger charge is 2.35. The van der Waals surface area contributed by atoms with E-state index in [4.69, 9.17) is 21.7 Å². The van der Waals surface area contributed by atoms with Crippen molar-refractivity contribution >= 4 is 40.3 Å². The van der Waals surface area contributed by atoms with E-state index >= 15 is 0 Å². The number of methoxy groups -OCH3 is 1. The Morgan fingerprint density at radius 3 is 2.59 bits per heavy atom. The van der Waals surface area contributed by atoms with Gasteiger partial charge in [-0.1, -0.05) is 60.4 Å². The number of rotatable bonds is 6. The monoisotopic (exact) mass is 399 g/mol. The Hall–Kier alpha value is -2.31. The Balaban J connectivity index is 1.86. The van der Waals surface area contributed by atoms with Crippen LogP contribution in [0.15, 0.2) is 53.4 Å². The molecular weight excluding hydrogens is 378 g/mol. The fourth-order valence-electron chi connectivity index (χ4n) is 2.89. The lowest BCUT2D eigenvalue weighted by Gasteiger charge is -2.23. The zero-order chi connectivity index (χ0) is 19.4. The summed E-state index contributed by atoms with van der Waals surface area (Å²) in [4.78, 5) is 15.2. The van der Waals surface area contributed by atoms with Crippen molar-refractivity contribution in [2.75, 3.05) is 13.7 Å². The number of hydrogen-bond donors (Lipinski definition) is 0. The molecule has 2 aromatic rings. The average molecular weight is 400 g/mol. The molecule has 1 saturated heterocycles. The van der Waals surface area contributed by atoms with Crippen molar-refractivity contribution in [3.05, 3.63) is 64.6 Å². The topological polar surface area (TPSA) is 38.8 Å². The van der Waals surface area contributed by atoms with Gasteiger partial charge in [0.25, 0.3) is 5.91 Å². The standard InChI is InChI=1S/C21H21NO3S2/c1-4-25-17-11-10-15(12-18(17)24-3)13-19-20(23)22(21(26)27-19)14(2)16-8-6-5-7-9-16/h5-14H,4H2,1-3H3. The maximum absolute atomic E-state index is 13.0. The first-order valence-corrected chi connectivity index (χ1v) is 9.90. The molecule has 1 heterocycles. The summed E-state index contributed by atoms with van der Waals surface area (Å²) in [5.41, 5.74) is 1.92. The Kier molecular flexibility index (Phi) is 6.19. The van der Waals surface area contributed by atoms with Gasteiger partial charge in [-0.3, -0.25) is 9.69 Å². The lowest BCUT2D eigenvalue weighted by molar-refractivity contribution is -0.123. The summed E-state index contributed by atoms with van der Waals surface area (Å²) in [7, 11) is 1.60. The van der Waals surface area contributed by atoms with Crippen LogP contribution in [-0.2, 0) is 4.79 Å². The fraction of sp³-hybridized carbons (Fsp3) is 0.238. The second kappa shape index (κ2) is 8.59. The van der Waals surface area contributed by atoms with E-state index < -0.39 is 0 Å². The van der Waals surface area contributed by atoms with Crippen LogP contribution in [0.3, 0.4) is 0 Å². The van der Waals surface area contributed by atoms with Crippen molar-refractivity contribution in [3.63, 3.8) is 0 Å². The maximum Gasteiger partial charge on any atom is 0.266 e. The van der Waals surface area contributed by atoms with Gasteiger partial charge in [-0.25, -0.2) is 0 Å². The van der Waals surface area contributed by atoms with E-state index in [2.05, 4.69) is 0 Å². The van der Waals surface area contributed by atoms with Crippen LogP contribution in [0.2, 0.25) is 0 Å². The summed E-state index contributed by atoms with van der Waals surface area (Å²) in [6.45, 7) is 4.47. The second-order valence-corrected chi connectivity index (χ2v) is 7.66. The normalized spacial score (nSPS) is 16.7. The number of carbonyl (C=O) groups is 1. The molecule has 1 atom stereocenters. The van der Waals surface area contributed by atoms with Crippen LogP contribution in [-0.4, -0.2) is 28.8 Å². The summed E-state index contributed by atoms with van der Waals surface area (Å²) in [5, 5.41) is 0. The number of thiocarbonyl (C=S) groups is 1. The zero-order valence-electron chi connectivity index (χ0n) is 15.5. The van der Waals surface area contributed by atoms with E-state index in [-0.39, 0.29) is 11.9 Å². The quantitative estimate of drug-likeness (QED) is 0.502. The molecule has 0 aromatic heterocycles. The lowest BCUT2D eigenvalue weighted by atomic mass is 10.1. The third-order valence-corrected chi connectivity index (χ3v) is 5.61. The number of benzene rings is 2. The molecule has 1 unspecified atom stereocenters. The van der Waals surface area contributed by atoms with Crippen molar-refractivity contribution in [2.24, 2.45) is 0 Å². The third-order valence-electron chi connectivity index (χ3n) is 4.28. The molecule has 0 aliphatic carbocycles. The van der Waals surface area contributed by atoms with Gasteiger partial charge in [0.15, 0.2) is 11.5 Å². The van der Waals surface area contributed by atoms with Crippen LogP contribution in [0.5, 0.6) is 11.5 Å². The first-order chi connectivity index (χ1) is 13.0. The largest absolute Gasteiger partial charge is 0.493 e. The number of thioether (sulfide) groups is 1. The van der Waals surface area contributed by atoms with Crippen molar-refractivity contribution in [3.8, 4) is 11.5 Å². The predicted molar refractivity (Wildman–Crippen MR) is 114 cm³/mol. The van der Waals surface area contributed by atoms with Crippen LogP contribution in [0.1, 0.15) is 31.0 Å². The van der Waals surface area contributed by atoms with E-state index in [0.717, 1.165) is 11.1 Å². The van der Waals surface area contributed by atoms with Gasteiger partial charge in [0.2, 0.25) is 0 Å². The summed E-state index contributed by atoms with van der Waals surface area (Å²) in [6, 6.07) is 15.4. The van der Waals surface area contributed by atoms with Gasteiger partial charge >= 0.3 is 0 Å². The van der Waals surface area contributed by atoms with Gasteiger partial charge in [-0.15, -0.1) is 0 Å². The van der Waals surface area contributed by atoms with E-state index in [9.17, 15) is 4.79 Å². The van der Waals surface area contributed by atoms with Crippen LogP contribution >= 0.6 is 24.0 Å². The Labute approximate surface area is 169 Å². The molecule has 2 aromatic carbocycles. The van der Waals surface area contributed by atoms with Gasteiger partial charge in [0, 0.05) is 0 Å². The van der Waals surface area contributed by atoms with E-state index in [1.54, 1.807) is 12.0 Å². The number of carbonyl (C=O) groups excluding carboxylic acids is 1. The first kappa shape index (κ1) is 19.5. The van der Waals surface area contributed by atoms with Crippen LogP contribution in [0.4, 0.5) is 0 Å². The Bertz CT molecular complexity index is 880. The Morgan fingerprint density at radius 1 is 1.19 bits per heavy atom. The minimum absolute atomic E-state index is 0.0748. The van der Waals surface area contributed by atoms with E-state index in [0.29, 0.717) is 27.3 Å². The van der Waals surface area contributed by atoms with E-state index in [1.165, 1.54) is 11.8 Å². The molecule has 0 N–H and O–H groups in total. The number of ether oxygens (including phenoxy) is 2. The molecule has 0 bridgehead atoms. The summed E-state index contributed by atoms with van der Waals surface area (Å²) in [5.74, 6) is 1.25. The number of nitrogens with zero attached hydrogens (tertiary/aromatic N) is 1. The first-order valence-electron chi connectivity index (χ1n) is 8.68. The molecule has 1 fully saturated rings. The molecular formula is C21H21NO3S2. The van der Waals surface area contributed by atoms with Crippen LogP contribution in [0, 0.1) is 0 Å². The summed E-state index contributed by atoms with van der Waals surface area (Å²) < 4.78 is 11.5. The highest BCUT2D eigenvalue weighted by atomic mass is 32.2. The predicted octanol–water partition coefficient (Wildman–Crippen LogP) is 5.06. The molecule has 1 amide bonds. The molecule has 0 spiro atoms. The van der Waals surface area contributed by atoms with E-state index in [1.807, 2.05) is 68.5 Å². The van der Waals surface area contributed by atoms with Gasteiger partial charge in [0.1, 0.15) is 4.32 Å². The maximum atomic E-state index is 13.0. The number of hydrogen-bond acceptors (Lipinski definition) is 5. The van der Waals surface area contributed by atoms with Crippen molar-refractivity contribution in [1.29, 1.82) is 0 Å².